The Bertz CT molecular complexity index is 683. The Kier molecular flexibility index (Phi) is 2.89. The number of hydrogen-bond donors (Lipinski definition) is 2. The summed E-state index contributed by atoms with van der Waals surface area (Å²) in [6, 6.07) is 9.62. The number of nitrogens with one attached hydrogen (secondary N) is 2. The number of fused-ring (bicyclic) bond motifs is 1. The molecule has 0 amide bonds. The minimum atomic E-state index is 0.606. The molecule has 2 heterocycles. The molecule has 0 fully saturated rings. The van der Waals surface area contributed by atoms with Crippen molar-refractivity contribution in [2.75, 3.05) is 5.43 Å². The summed E-state index contributed by atoms with van der Waals surface area (Å²) in [5.41, 5.74) is 6.31. The first-order chi connectivity index (χ1) is 9.33. The van der Waals surface area contributed by atoms with Crippen LogP contribution in [0, 0.1) is 0 Å². The fourth-order valence-electron chi connectivity index (χ4n) is 1.70. The van der Waals surface area contributed by atoms with Crippen molar-refractivity contribution in [2.24, 2.45) is 5.10 Å². The van der Waals surface area contributed by atoms with Gasteiger partial charge in [-0.15, -0.1) is 0 Å². The molecule has 3 rings (SSSR count). The van der Waals surface area contributed by atoms with E-state index in [2.05, 4.69) is 30.5 Å². The Morgan fingerprint density at radius 3 is 2.95 bits per heavy atom. The van der Waals surface area contributed by atoms with Crippen molar-refractivity contribution in [3.05, 3.63) is 48.5 Å². The second kappa shape index (κ2) is 4.85. The predicted molar refractivity (Wildman–Crippen MR) is 74.0 cm³/mol. The molecule has 0 aliphatic heterocycles. The number of anilines is 1. The number of hydrazone groups is 1. The van der Waals surface area contributed by atoms with Crippen molar-refractivity contribution in [3.8, 4) is 0 Å². The molecule has 1 aromatic carbocycles. The van der Waals surface area contributed by atoms with E-state index in [9.17, 15) is 0 Å². The zero-order chi connectivity index (χ0) is 13.1. The van der Waals surface area contributed by atoms with E-state index in [0.29, 0.717) is 5.95 Å². The number of benzene rings is 1. The van der Waals surface area contributed by atoms with Gasteiger partial charge in [0.1, 0.15) is 6.33 Å². The summed E-state index contributed by atoms with van der Waals surface area (Å²) in [5, 5.41) is 4.24. The molecule has 0 aliphatic carbocycles. The standard InChI is InChI=1S/C13H12N6/c1-9(10-6-7-14-8-15-10)18-19-13-16-11-4-2-3-5-12(11)17-13/h2-8H,1H3,(H2,16,17,19)/b18-9-. The zero-order valence-electron chi connectivity index (χ0n) is 10.3. The first-order valence-corrected chi connectivity index (χ1v) is 5.84. The van der Waals surface area contributed by atoms with Gasteiger partial charge in [0, 0.05) is 6.20 Å². The van der Waals surface area contributed by atoms with E-state index in [1.54, 1.807) is 12.3 Å². The molecule has 0 bridgehead atoms. The highest BCUT2D eigenvalue weighted by molar-refractivity contribution is 5.97. The van der Waals surface area contributed by atoms with E-state index >= 15 is 0 Å². The quantitative estimate of drug-likeness (QED) is 0.553. The number of aromatic nitrogens is 4. The van der Waals surface area contributed by atoms with Crippen LogP contribution in [0.1, 0.15) is 12.6 Å². The molecule has 2 N–H and O–H groups in total. The van der Waals surface area contributed by atoms with Gasteiger partial charge in [0.15, 0.2) is 0 Å². The lowest BCUT2D eigenvalue weighted by atomic mass is 10.3. The van der Waals surface area contributed by atoms with Crippen molar-refractivity contribution in [3.63, 3.8) is 0 Å². The van der Waals surface area contributed by atoms with E-state index < -0.39 is 0 Å². The molecule has 0 saturated carbocycles. The van der Waals surface area contributed by atoms with Crippen LogP contribution >= 0.6 is 0 Å². The Hall–Kier alpha value is -2.76. The topological polar surface area (TPSA) is 78.9 Å². The zero-order valence-corrected chi connectivity index (χ0v) is 10.3. The number of aromatic amines is 1. The monoisotopic (exact) mass is 252 g/mol. The second-order valence-corrected chi connectivity index (χ2v) is 4.01. The van der Waals surface area contributed by atoms with Crippen LogP contribution in [-0.4, -0.2) is 25.6 Å². The van der Waals surface area contributed by atoms with Crippen molar-refractivity contribution >= 4 is 22.7 Å². The molecule has 3 aromatic rings. The maximum atomic E-state index is 4.37. The average molecular weight is 252 g/mol. The molecule has 0 radical (unpaired) electrons. The van der Waals surface area contributed by atoms with Crippen LogP contribution in [0.4, 0.5) is 5.95 Å². The summed E-state index contributed by atoms with van der Waals surface area (Å²) in [5.74, 6) is 0.606. The van der Waals surface area contributed by atoms with Gasteiger partial charge >= 0.3 is 0 Å². The highest BCUT2D eigenvalue weighted by Gasteiger charge is 2.01. The van der Waals surface area contributed by atoms with Crippen molar-refractivity contribution in [1.82, 2.24) is 19.9 Å². The molecular formula is C13H12N6. The Balaban J connectivity index is 1.82. The van der Waals surface area contributed by atoms with Crippen LogP contribution in [0.3, 0.4) is 0 Å². The van der Waals surface area contributed by atoms with Crippen LogP contribution < -0.4 is 5.43 Å². The van der Waals surface area contributed by atoms with E-state index in [1.807, 2.05) is 31.2 Å². The summed E-state index contributed by atoms with van der Waals surface area (Å²) in [6.07, 6.45) is 3.18. The third-order valence-electron chi connectivity index (χ3n) is 2.67. The van der Waals surface area contributed by atoms with Gasteiger partial charge in [0.2, 0.25) is 5.95 Å². The third kappa shape index (κ3) is 2.42. The van der Waals surface area contributed by atoms with Gasteiger partial charge in [-0.05, 0) is 25.1 Å². The normalized spacial score (nSPS) is 11.7. The van der Waals surface area contributed by atoms with Crippen LogP contribution in [-0.2, 0) is 0 Å². The number of rotatable bonds is 3. The molecule has 0 atom stereocenters. The first-order valence-electron chi connectivity index (χ1n) is 5.84. The molecule has 0 unspecified atom stereocenters. The fraction of sp³-hybridized carbons (Fsp3) is 0.0769. The molecule has 6 heteroatoms. The summed E-state index contributed by atoms with van der Waals surface area (Å²) in [4.78, 5) is 15.5. The minimum absolute atomic E-state index is 0.606. The molecule has 19 heavy (non-hydrogen) atoms. The number of imidazole rings is 1. The van der Waals surface area contributed by atoms with Crippen LogP contribution in [0.2, 0.25) is 0 Å². The fourth-order valence-corrected chi connectivity index (χ4v) is 1.70. The van der Waals surface area contributed by atoms with Crippen LogP contribution in [0.5, 0.6) is 0 Å². The van der Waals surface area contributed by atoms with Crippen LogP contribution in [0.25, 0.3) is 11.0 Å². The van der Waals surface area contributed by atoms with E-state index in [0.717, 1.165) is 22.4 Å². The van der Waals surface area contributed by atoms with Gasteiger partial charge < -0.3 is 4.98 Å². The molecule has 94 valence electrons. The largest absolute Gasteiger partial charge is 0.323 e. The lowest BCUT2D eigenvalue weighted by Crippen LogP contribution is -2.02. The predicted octanol–water partition coefficient (Wildman–Crippen LogP) is 2.19. The smallest absolute Gasteiger partial charge is 0.222 e. The third-order valence-corrected chi connectivity index (χ3v) is 2.67. The number of nitrogens with zero attached hydrogens (tertiary/aromatic N) is 4. The molecule has 0 spiro atoms. The summed E-state index contributed by atoms with van der Waals surface area (Å²) in [6.45, 7) is 1.87. The number of H-pyrrole nitrogens is 1. The highest BCUT2D eigenvalue weighted by Crippen LogP contribution is 2.13. The maximum Gasteiger partial charge on any atom is 0.222 e. The lowest BCUT2D eigenvalue weighted by Gasteiger charge is -1.99. The van der Waals surface area contributed by atoms with E-state index in [-0.39, 0.29) is 0 Å². The first kappa shape index (κ1) is 11.3. The Morgan fingerprint density at radius 2 is 2.16 bits per heavy atom. The molecule has 0 aliphatic rings. The molecular weight excluding hydrogens is 240 g/mol. The SMILES string of the molecule is C/C(=N/Nc1nc2ccccc2[nH]1)c1ccncn1. The van der Waals surface area contributed by atoms with Gasteiger partial charge in [-0.2, -0.15) is 5.10 Å². The van der Waals surface area contributed by atoms with E-state index in [1.165, 1.54) is 6.33 Å². The van der Waals surface area contributed by atoms with Gasteiger partial charge in [0.25, 0.3) is 0 Å². The summed E-state index contributed by atoms with van der Waals surface area (Å²) in [7, 11) is 0. The molecule has 6 nitrogen and oxygen atoms in total. The summed E-state index contributed by atoms with van der Waals surface area (Å²) < 4.78 is 0. The second-order valence-electron chi connectivity index (χ2n) is 4.01. The number of para-hydroxylation sites is 2. The van der Waals surface area contributed by atoms with Gasteiger partial charge in [-0.1, -0.05) is 12.1 Å². The Labute approximate surface area is 109 Å². The molecule has 2 aromatic heterocycles. The summed E-state index contributed by atoms with van der Waals surface area (Å²) >= 11 is 0. The Morgan fingerprint density at radius 1 is 1.26 bits per heavy atom. The van der Waals surface area contributed by atoms with Gasteiger partial charge in [-0.3, -0.25) is 0 Å². The highest BCUT2D eigenvalue weighted by atomic mass is 15.4. The van der Waals surface area contributed by atoms with Crippen LogP contribution in [0.15, 0.2) is 48.0 Å². The minimum Gasteiger partial charge on any atom is -0.323 e. The molecule has 0 saturated heterocycles. The lowest BCUT2D eigenvalue weighted by molar-refractivity contribution is 1.13. The van der Waals surface area contributed by atoms with Gasteiger partial charge in [0.05, 0.1) is 22.4 Å². The van der Waals surface area contributed by atoms with Gasteiger partial charge in [-0.25, -0.2) is 20.4 Å². The van der Waals surface area contributed by atoms with Crippen molar-refractivity contribution in [1.29, 1.82) is 0 Å². The van der Waals surface area contributed by atoms with E-state index in [4.69, 9.17) is 0 Å². The maximum absolute atomic E-state index is 4.37. The van der Waals surface area contributed by atoms with Crippen molar-refractivity contribution in [2.45, 2.75) is 6.92 Å². The van der Waals surface area contributed by atoms with Crippen molar-refractivity contribution < 1.29 is 0 Å². The number of hydrogen-bond acceptors (Lipinski definition) is 5. The average Bonchev–Trinajstić information content (AvgIpc) is 2.88.